The summed E-state index contributed by atoms with van der Waals surface area (Å²) >= 11 is 0. The van der Waals surface area contributed by atoms with Crippen molar-refractivity contribution in [1.82, 2.24) is 5.32 Å². The number of ketones is 1. The Labute approximate surface area is 199 Å². The molecule has 3 N–H and O–H groups in total. The van der Waals surface area contributed by atoms with Crippen molar-refractivity contribution in [2.45, 2.75) is 39.5 Å². The fourth-order valence-corrected chi connectivity index (χ4v) is 4.88. The lowest BCUT2D eigenvalue weighted by Crippen LogP contribution is -2.39. The number of carbonyl (C=O) groups excluding carboxylic acids is 2. The second-order valence-corrected chi connectivity index (χ2v) is 9.52. The molecule has 1 amide bonds. The predicted octanol–water partition coefficient (Wildman–Crippen LogP) is 4.65. The zero-order valence-electron chi connectivity index (χ0n) is 20.1. The van der Waals surface area contributed by atoms with E-state index in [4.69, 9.17) is 9.47 Å². The van der Waals surface area contributed by atoms with E-state index >= 15 is 0 Å². The van der Waals surface area contributed by atoms with Crippen LogP contribution in [0, 0.1) is 5.41 Å². The molecule has 4 rings (SSSR count). The number of amides is 1. The third kappa shape index (κ3) is 4.25. The summed E-state index contributed by atoms with van der Waals surface area (Å²) in [4.78, 5) is 27.1. The van der Waals surface area contributed by atoms with Gasteiger partial charge in [-0.1, -0.05) is 32.0 Å². The molecule has 2 aliphatic rings. The van der Waals surface area contributed by atoms with Crippen LogP contribution in [0.5, 0.6) is 17.2 Å². The van der Waals surface area contributed by atoms with Crippen molar-refractivity contribution in [2.24, 2.45) is 5.41 Å². The number of hydrogen-bond donors (Lipinski definition) is 3. The molecule has 0 unspecified atom stereocenters. The molecule has 0 saturated carbocycles. The zero-order chi connectivity index (χ0) is 24.6. The van der Waals surface area contributed by atoms with Crippen molar-refractivity contribution in [3.05, 3.63) is 70.6 Å². The molecule has 0 bridgehead atoms. The number of dihydropyridines is 1. The summed E-state index contributed by atoms with van der Waals surface area (Å²) in [5, 5.41) is 16.5. The van der Waals surface area contributed by atoms with Crippen LogP contribution >= 0.6 is 0 Å². The first-order chi connectivity index (χ1) is 16.1. The molecule has 1 heterocycles. The minimum Gasteiger partial charge on any atom is -0.504 e. The first-order valence-electron chi connectivity index (χ1n) is 11.2. The van der Waals surface area contributed by atoms with E-state index < -0.39 is 5.92 Å². The van der Waals surface area contributed by atoms with Gasteiger partial charge in [-0.25, -0.2) is 0 Å². The topological polar surface area (TPSA) is 96.9 Å². The van der Waals surface area contributed by atoms with Crippen molar-refractivity contribution in [2.75, 3.05) is 19.5 Å². The second kappa shape index (κ2) is 8.89. The maximum absolute atomic E-state index is 13.7. The second-order valence-electron chi connectivity index (χ2n) is 9.52. The Morgan fingerprint density at radius 3 is 2.50 bits per heavy atom. The maximum Gasteiger partial charge on any atom is 0.254 e. The van der Waals surface area contributed by atoms with E-state index in [0.29, 0.717) is 46.7 Å². The first-order valence-corrected chi connectivity index (χ1v) is 11.2. The van der Waals surface area contributed by atoms with E-state index in [9.17, 15) is 14.7 Å². The van der Waals surface area contributed by atoms with E-state index in [-0.39, 0.29) is 28.6 Å². The third-order valence-electron chi connectivity index (χ3n) is 6.38. The van der Waals surface area contributed by atoms with Gasteiger partial charge in [-0.3, -0.25) is 9.59 Å². The lowest BCUT2D eigenvalue weighted by Gasteiger charge is -2.39. The van der Waals surface area contributed by atoms with Crippen molar-refractivity contribution in [3.63, 3.8) is 0 Å². The van der Waals surface area contributed by atoms with Crippen molar-refractivity contribution >= 4 is 17.4 Å². The smallest absolute Gasteiger partial charge is 0.254 e. The Bertz CT molecular complexity index is 1230. The number of allylic oxidation sites excluding steroid dienone is 3. The highest BCUT2D eigenvalue weighted by molar-refractivity contribution is 6.10. The molecule has 0 spiro atoms. The molecule has 1 aliphatic heterocycles. The summed E-state index contributed by atoms with van der Waals surface area (Å²) in [6.45, 7) is 5.98. The molecular formula is C27H30N2O5. The van der Waals surface area contributed by atoms with Gasteiger partial charge in [0.15, 0.2) is 17.3 Å². The van der Waals surface area contributed by atoms with Crippen LogP contribution in [0.3, 0.4) is 0 Å². The first kappa shape index (κ1) is 23.4. The van der Waals surface area contributed by atoms with E-state index in [2.05, 4.69) is 24.5 Å². The highest BCUT2D eigenvalue weighted by Crippen LogP contribution is 2.47. The summed E-state index contributed by atoms with van der Waals surface area (Å²) < 4.78 is 10.7. The van der Waals surface area contributed by atoms with E-state index in [1.54, 1.807) is 31.4 Å². The number of aromatic hydroxyl groups is 1. The number of rotatable bonds is 5. The number of ether oxygens (including phenoxy) is 2. The quantitative estimate of drug-likeness (QED) is 0.598. The van der Waals surface area contributed by atoms with Crippen LogP contribution in [0.15, 0.2) is 65.0 Å². The summed E-state index contributed by atoms with van der Waals surface area (Å²) in [6, 6.07) is 12.1. The number of phenolic OH excluding ortho intramolecular Hbond substituents is 1. The largest absolute Gasteiger partial charge is 0.504 e. The summed E-state index contributed by atoms with van der Waals surface area (Å²) in [5.41, 5.74) is 3.58. The Kier molecular flexibility index (Phi) is 6.13. The van der Waals surface area contributed by atoms with Gasteiger partial charge in [0.05, 0.1) is 19.9 Å². The van der Waals surface area contributed by atoms with Crippen molar-refractivity contribution in [1.29, 1.82) is 0 Å². The fraction of sp³-hybridized carbons (Fsp3) is 0.333. The number of nitrogens with one attached hydrogen (secondary N) is 2. The molecule has 34 heavy (non-hydrogen) atoms. The van der Waals surface area contributed by atoms with Gasteiger partial charge in [0.2, 0.25) is 0 Å². The molecule has 1 aliphatic carbocycles. The molecule has 7 heteroatoms. The highest BCUT2D eigenvalue weighted by atomic mass is 16.5. The monoisotopic (exact) mass is 462 g/mol. The lowest BCUT2D eigenvalue weighted by atomic mass is 9.68. The SMILES string of the molecule is COc1cc([C@H]2C(C(=O)Nc3ccccc3OC)=C(C)NC3=C2C(=O)CC(C)(C)C3)ccc1O. The van der Waals surface area contributed by atoms with Gasteiger partial charge in [-0.2, -0.15) is 0 Å². The molecule has 178 valence electrons. The van der Waals surface area contributed by atoms with Crippen LogP contribution in [-0.4, -0.2) is 31.0 Å². The average Bonchev–Trinajstić information content (AvgIpc) is 2.78. The molecule has 2 aromatic carbocycles. The molecule has 1 atom stereocenters. The van der Waals surface area contributed by atoms with Gasteiger partial charge < -0.3 is 25.2 Å². The molecule has 2 aromatic rings. The minimum absolute atomic E-state index is 0.00545. The number of carbonyl (C=O) groups is 2. The summed E-state index contributed by atoms with van der Waals surface area (Å²) in [5.74, 6) is -0.128. The van der Waals surface area contributed by atoms with Crippen LogP contribution in [-0.2, 0) is 9.59 Å². The molecule has 0 fully saturated rings. The van der Waals surface area contributed by atoms with Gasteiger partial charge in [-0.15, -0.1) is 0 Å². The third-order valence-corrected chi connectivity index (χ3v) is 6.38. The standard InChI is InChI=1S/C27H30N2O5/c1-15-23(26(32)29-17-8-6-7-9-21(17)33-4)24(16-10-11-19(30)22(12-16)34-5)25-18(28-15)13-27(2,3)14-20(25)31/h6-12,24,28,30H,13-14H2,1-5H3,(H,29,32)/t24-/m0/s1. The minimum atomic E-state index is -0.607. The molecular weight excluding hydrogens is 432 g/mol. The number of para-hydroxylation sites is 2. The lowest BCUT2D eigenvalue weighted by molar-refractivity contribution is -0.118. The van der Waals surface area contributed by atoms with E-state index in [1.165, 1.54) is 13.2 Å². The number of benzene rings is 2. The number of hydrogen-bond acceptors (Lipinski definition) is 6. The van der Waals surface area contributed by atoms with Crippen molar-refractivity contribution in [3.8, 4) is 17.2 Å². The van der Waals surface area contributed by atoms with Crippen LogP contribution < -0.4 is 20.1 Å². The average molecular weight is 463 g/mol. The Balaban J connectivity index is 1.84. The molecule has 0 aromatic heterocycles. The van der Waals surface area contributed by atoms with Crippen molar-refractivity contribution < 1.29 is 24.2 Å². The van der Waals surface area contributed by atoms with Crippen LogP contribution in [0.25, 0.3) is 0 Å². The van der Waals surface area contributed by atoms with Crippen LogP contribution in [0.1, 0.15) is 45.1 Å². The summed E-state index contributed by atoms with van der Waals surface area (Å²) in [7, 11) is 3.01. The van der Waals surface area contributed by atoms with Crippen LogP contribution in [0.2, 0.25) is 0 Å². The van der Waals surface area contributed by atoms with Gasteiger partial charge >= 0.3 is 0 Å². The number of phenols is 1. The number of methoxy groups -OCH3 is 2. The normalized spacial score (nSPS) is 19.3. The zero-order valence-corrected chi connectivity index (χ0v) is 20.1. The highest BCUT2D eigenvalue weighted by Gasteiger charge is 2.43. The number of anilines is 1. The predicted molar refractivity (Wildman–Crippen MR) is 130 cm³/mol. The molecule has 0 radical (unpaired) electrons. The van der Waals surface area contributed by atoms with Gasteiger partial charge in [0.25, 0.3) is 5.91 Å². The Morgan fingerprint density at radius 1 is 1.09 bits per heavy atom. The number of Topliss-reactive ketones (excluding diaryl/α,β-unsaturated/α-hetero) is 1. The van der Waals surface area contributed by atoms with Gasteiger partial charge in [0.1, 0.15) is 5.75 Å². The Hall–Kier alpha value is -3.74. The van der Waals surface area contributed by atoms with E-state index in [1.807, 2.05) is 19.1 Å². The van der Waals surface area contributed by atoms with E-state index in [0.717, 1.165) is 5.70 Å². The summed E-state index contributed by atoms with van der Waals surface area (Å²) in [6.07, 6.45) is 1.08. The molecule has 0 saturated heterocycles. The van der Waals surface area contributed by atoms with Crippen LogP contribution in [0.4, 0.5) is 5.69 Å². The fourth-order valence-electron chi connectivity index (χ4n) is 4.88. The molecule has 7 nitrogen and oxygen atoms in total. The maximum atomic E-state index is 13.7. The van der Waals surface area contributed by atoms with Gasteiger partial charge in [-0.05, 0) is 48.6 Å². The Morgan fingerprint density at radius 2 is 1.79 bits per heavy atom. The van der Waals surface area contributed by atoms with Gasteiger partial charge in [0, 0.05) is 34.9 Å².